The van der Waals surface area contributed by atoms with E-state index in [0.717, 1.165) is 16.5 Å². The summed E-state index contributed by atoms with van der Waals surface area (Å²) in [6.07, 6.45) is -2.04. The minimum absolute atomic E-state index is 0.0855. The Bertz CT molecular complexity index is 931. The van der Waals surface area contributed by atoms with Gasteiger partial charge in [-0.2, -0.15) is 0 Å². The summed E-state index contributed by atoms with van der Waals surface area (Å²) in [5, 5.41) is 25.2. The topological polar surface area (TPSA) is 53.0 Å². The van der Waals surface area contributed by atoms with Crippen molar-refractivity contribution < 1.29 is 14.9 Å². The second-order valence-electron chi connectivity index (χ2n) is 6.34. The lowest BCUT2D eigenvalue weighted by Gasteiger charge is -2.25. The van der Waals surface area contributed by atoms with Crippen LogP contribution >= 0.6 is 0 Å². The van der Waals surface area contributed by atoms with Crippen molar-refractivity contribution >= 4 is 21.5 Å². The Hall–Kier alpha value is -1.94. The zero-order valence-electron chi connectivity index (χ0n) is 12.2. The number of hydrogen-bond donors (Lipinski definition) is 2. The predicted octanol–water partition coefficient (Wildman–Crippen LogP) is 3.15. The lowest BCUT2D eigenvalue weighted by molar-refractivity contribution is 0.000105. The van der Waals surface area contributed by atoms with Gasteiger partial charge in [-0.3, -0.25) is 0 Å². The largest absolute Gasteiger partial charge is 0.387 e. The van der Waals surface area contributed by atoms with E-state index in [0.29, 0.717) is 0 Å². The third-order valence-corrected chi connectivity index (χ3v) is 5.18. The van der Waals surface area contributed by atoms with Gasteiger partial charge in [-0.15, -0.1) is 0 Å². The fourth-order valence-corrected chi connectivity index (χ4v) is 3.96. The molecule has 0 amide bonds. The fraction of sp³-hybridized carbons (Fsp3) is 0.263. The van der Waals surface area contributed by atoms with Gasteiger partial charge in [0.25, 0.3) is 0 Å². The maximum absolute atomic E-state index is 10.3. The van der Waals surface area contributed by atoms with Crippen LogP contribution in [0.1, 0.15) is 28.9 Å². The van der Waals surface area contributed by atoms with Gasteiger partial charge < -0.3 is 14.9 Å². The molecule has 1 aliphatic heterocycles. The van der Waals surface area contributed by atoms with Crippen LogP contribution in [0.25, 0.3) is 21.5 Å². The molecular weight excluding hydrogens is 276 g/mol. The molecule has 0 spiro atoms. The molecule has 110 valence electrons. The maximum Gasteiger partial charge on any atom is 0.118 e. The molecule has 0 aromatic heterocycles. The highest BCUT2D eigenvalue weighted by molar-refractivity contribution is 6.04. The normalized spacial score (nSPS) is 29.4. The second kappa shape index (κ2) is 4.07. The third kappa shape index (κ3) is 1.46. The van der Waals surface area contributed by atoms with E-state index in [4.69, 9.17) is 4.74 Å². The minimum atomic E-state index is -0.866. The lowest BCUT2D eigenvalue weighted by Crippen LogP contribution is -2.29. The van der Waals surface area contributed by atoms with E-state index in [1.807, 2.05) is 12.1 Å². The number of fused-ring (bicyclic) bond motifs is 6. The van der Waals surface area contributed by atoms with E-state index in [-0.39, 0.29) is 12.2 Å². The lowest BCUT2D eigenvalue weighted by atomic mass is 9.83. The van der Waals surface area contributed by atoms with Crippen molar-refractivity contribution in [2.45, 2.75) is 31.3 Å². The molecule has 0 saturated carbocycles. The van der Waals surface area contributed by atoms with Crippen LogP contribution < -0.4 is 0 Å². The highest BCUT2D eigenvalue weighted by Gasteiger charge is 2.54. The quantitative estimate of drug-likeness (QED) is 0.494. The van der Waals surface area contributed by atoms with Crippen molar-refractivity contribution in [2.24, 2.45) is 0 Å². The fourth-order valence-electron chi connectivity index (χ4n) is 3.96. The first-order chi connectivity index (χ1) is 10.7. The molecule has 1 saturated heterocycles. The first kappa shape index (κ1) is 12.6. The molecule has 1 aliphatic carbocycles. The third-order valence-electron chi connectivity index (χ3n) is 5.18. The van der Waals surface area contributed by atoms with E-state index < -0.39 is 12.2 Å². The monoisotopic (exact) mass is 292 g/mol. The van der Waals surface area contributed by atoms with E-state index in [9.17, 15) is 10.2 Å². The predicted molar refractivity (Wildman–Crippen MR) is 84.8 cm³/mol. The summed E-state index contributed by atoms with van der Waals surface area (Å²) in [5.74, 6) is 0. The van der Waals surface area contributed by atoms with Gasteiger partial charge in [0, 0.05) is 0 Å². The van der Waals surface area contributed by atoms with Crippen LogP contribution in [0.15, 0.2) is 42.5 Å². The van der Waals surface area contributed by atoms with Crippen LogP contribution in [0.4, 0.5) is 0 Å². The van der Waals surface area contributed by atoms with Crippen molar-refractivity contribution in [2.75, 3.05) is 0 Å². The van der Waals surface area contributed by atoms with Gasteiger partial charge in [-0.05, 0) is 51.2 Å². The van der Waals surface area contributed by atoms with Gasteiger partial charge in [0.1, 0.15) is 24.4 Å². The first-order valence-corrected chi connectivity index (χ1v) is 7.63. The SMILES string of the molecule is Cc1c2ccccc2cc2c3c(ccc12)[C@H](O)[C@@H](O)[C@H]1O[C@@H]31. The number of hydrogen-bond acceptors (Lipinski definition) is 3. The zero-order valence-corrected chi connectivity index (χ0v) is 12.2. The summed E-state index contributed by atoms with van der Waals surface area (Å²) < 4.78 is 5.64. The molecule has 0 radical (unpaired) electrons. The average molecular weight is 292 g/mol. The molecule has 5 rings (SSSR count). The molecule has 4 atom stereocenters. The highest BCUT2D eigenvalue weighted by Crippen LogP contribution is 2.53. The molecule has 1 fully saturated rings. The molecule has 22 heavy (non-hydrogen) atoms. The molecule has 0 bridgehead atoms. The summed E-state index contributed by atoms with van der Waals surface area (Å²) >= 11 is 0. The van der Waals surface area contributed by atoms with Crippen LogP contribution in [0.2, 0.25) is 0 Å². The maximum atomic E-state index is 10.3. The molecule has 3 aromatic rings. The van der Waals surface area contributed by atoms with Crippen LogP contribution in [0, 0.1) is 6.92 Å². The first-order valence-electron chi connectivity index (χ1n) is 7.63. The number of aryl methyl sites for hydroxylation is 1. The van der Waals surface area contributed by atoms with E-state index in [2.05, 4.69) is 37.3 Å². The van der Waals surface area contributed by atoms with Crippen molar-refractivity contribution in [3.05, 3.63) is 59.2 Å². The molecule has 3 aromatic carbocycles. The van der Waals surface area contributed by atoms with Crippen molar-refractivity contribution in [1.82, 2.24) is 0 Å². The van der Waals surface area contributed by atoms with Crippen LogP contribution in [0.3, 0.4) is 0 Å². The van der Waals surface area contributed by atoms with Crippen molar-refractivity contribution in [3.63, 3.8) is 0 Å². The van der Waals surface area contributed by atoms with E-state index >= 15 is 0 Å². The van der Waals surface area contributed by atoms with Crippen LogP contribution in [-0.2, 0) is 4.74 Å². The molecule has 1 heterocycles. The summed E-state index contributed by atoms with van der Waals surface area (Å²) in [4.78, 5) is 0. The van der Waals surface area contributed by atoms with Gasteiger partial charge in [0.2, 0.25) is 0 Å². The Kier molecular flexibility index (Phi) is 2.33. The van der Waals surface area contributed by atoms with Gasteiger partial charge >= 0.3 is 0 Å². The summed E-state index contributed by atoms with van der Waals surface area (Å²) in [5.41, 5.74) is 3.09. The Morgan fingerprint density at radius 3 is 2.64 bits per heavy atom. The number of aliphatic hydroxyl groups is 2. The molecule has 0 unspecified atom stereocenters. The summed E-state index contributed by atoms with van der Waals surface area (Å²) in [6, 6.07) is 14.5. The number of ether oxygens (including phenoxy) is 1. The van der Waals surface area contributed by atoms with Crippen LogP contribution in [0.5, 0.6) is 0 Å². The number of aliphatic hydroxyl groups excluding tert-OH is 2. The zero-order chi connectivity index (χ0) is 15.0. The number of epoxide rings is 1. The van der Waals surface area contributed by atoms with E-state index in [1.54, 1.807) is 0 Å². The molecular formula is C19H16O3. The smallest absolute Gasteiger partial charge is 0.118 e. The standard InChI is InChI=1S/C19H16O3/c1-9-11-5-3-2-4-10(11)8-14-12(9)6-7-13-15(14)18-19(22-18)17(21)16(13)20/h2-8,16-21H,1H3/t16-,17+,18-,19+/m0/s1. The van der Waals surface area contributed by atoms with Crippen molar-refractivity contribution in [1.29, 1.82) is 0 Å². The highest BCUT2D eigenvalue weighted by atomic mass is 16.6. The molecule has 2 N–H and O–H groups in total. The molecule has 3 nitrogen and oxygen atoms in total. The Labute approximate surface area is 127 Å². The Balaban J connectivity index is 1.91. The Morgan fingerprint density at radius 2 is 1.77 bits per heavy atom. The molecule has 2 aliphatic rings. The second-order valence-corrected chi connectivity index (χ2v) is 6.34. The summed E-state index contributed by atoms with van der Waals surface area (Å²) in [7, 11) is 0. The summed E-state index contributed by atoms with van der Waals surface area (Å²) in [6.45, 7) is 2.14. The van der Waals surface area contributed by atoms with Gasteiger partial charge in [0.05, 0.1) is 0 Å². The van der Waals surface area contributed by atoms with E-state index in [1.165, 1.54) is 21.7 Å². The van der Waals surface area contributed by atoms with Crippen LogP contribution in [-0.4, -0.2) is 22.4 Å². The Morgan fingerprint density at radius 1 is 0.955 bits per heavy atom. The van der Waals surface area contributed by atoms with Gasteiger partial charge in [-0.1, -0.05) is 36.4 Å². The van der Waals surface area contributed by atoms with Crippen molar-refractivity contribution in [3.8, 4) is 0 Å². The number of rotatable bonds is 0. The number of benzene rings is 3. The minimum Gasteiger partial charge on any atom is -0.387 e. The molecule has 3 heteroatoms. The average Bonchev–Trinajstić information content (AvgIpc) is 3.33. The van der Waals surface area contributed by atoms with Gasteiger partial charge in [-0.25, -0.2) is 0 Å². The van der Waals surface area contributed by atoms with Gasteiger partial charge in [0.15, 0.2) is 0 Å².